The molecule has 0 saturated heterocycles. The highest BCUT2D eigenvalue weighted by Crippen LogP contribution is 2.63. The van der Waals surface area contributed by atoms with E-state index in [0.29, 0.717) is 24.4 Å². The second-order valence-electron chi connectivity index (χ2n) is 18.2. The number of ketones is 2. The van der Waals surface area contributed by atoms with Gasteiger partial charge in [0.1, 0.15) is 29.5 Å². The lowest BCUT2D eigenvalue weighted by atomic mass is 9.51. The number of carbonyl (C=O) groups excluding carboxylic acids is 3. The van der Waals surface area contributed by atoms with E-state index in [9.17, 15) is 9.90 Å². The van der Waals surface area contributed by atoms with Crippen molar-refractivity contribution < 1.29 is 52.1 Å². The topological polar surface area (TPSA) is 159 Å². The lowest BCUT2D eigenvalue weighted by molar-refractivity contribution is -0.148. The molecule has 1 saturated carbocycles. The number of Topliss-reactive ketones (excluding diaryl/α,β-unsaturated/α-hetero) is 2. The number of aliphatic hydroxyl groups is 1. The van der Waals surface area contributed by atoms with Crippen molar-refractivity contribution in [2.24, 2.45) is 11.3 Å². The summed E-state index contributed by atoms with van der Waals surface area (Å²) in [5, 5.41) is 16.6. The average Bonchev–Trinajstić information content (AvgIpc) is 3.47. The average molecular weight is 800 g/mol. The van der Waals surface area contributed by atoms with E-state index in [1.54, 1.807) is 32.9 Å². The first kappa shape index (κ1) is 43.4. The van der Waals surface area contributed by atoms with Gasteiger partial charge in [-0.25, -0.2) is 4.79 Å². The number of anilines is 1. The fourth-order valence-electron chi connectivity index (χ4n) is 8.07. The molecular weight excluding hydrogens is 739 g/mol. The lowest BCUT2D eigenvalue weighted by Gasteiger charge is -2.58. The number of hydrogen-bond donors (Lipinski definition) is 1. The van der Waals surface area contributed by atoms with Crippen LogP contribution in [0.3, 0.4) is 0 Å². The molecule has 14 nitrogen and oxygen atoms in total. The Morgan fingerprint density at radius 1 is 1.05 bits per heavy atom. The van der Waals surface area contributed by atoms with E-state index in [1.165, 1.54) is 7.11 Å². The molecule has 0 unspecified atom stereocenters. The minimum absolute atomic E-state index is 0.000354. The van der Waals surface area contributed by atoms with Crippen molar-refractivity contribution in [2.75, 3.05) is 60.2 Å². The van der Waals surface area contributed by atoms with Gasteiger partial charge in [0.25, 0.3) is 5.88 Å². The number of fused-ring (bicyclic) bond motifs is 4. The Morgan fingerprint density at radius 3 is 2.30 bits per heavy atom. The molecule has 1 fully saturated rings. The zero-order chi connectivity index (χ0) is 41.8. The van der Waals surface area contributed by atoms with Gasteiger partial charge in [-0.1, -0.05) is 34.1 Å². The van der Waals surface area contributed by atoms with Gasteiger partial charge in [-0.3, -0.25) is 14.5 Å². The normalized spacial score (nSPS) is 23.7. The number of unbranched alkanes of at least 4 members (excludes halogenated alkanes) is 1. The van der Waals surface area contributed by atoms with E-state index in [4.69, 9.17) is 32.6 Å². The molecule has 5 rings (SSSR count). The van der Waals surface area contributed by atoms with Crippen LogP contribution in [0, 0.1) is 11.3 Å². The molecule has 310 valence electrons. The Labute approximate surface area is 331 Å². The number of aromatic nitrogens is 1. The van der Waals surface area contributed by atoms with Crippen LogP contribution in [0.4, 0.5) is 10.5 Å². The van der Waals surface area contributed by atoms with Crippen molar-refractivity contribution in [1.82, 2.24) is 10.1 Å². The van der Waals surface area contributed by atoms with Crippen LogP contribution in [0.25, 0.3) is 5.76 Å². The Bertz CT molecular complexity index is 1870. The summed E-state index contributed by atoms with van der Waals surface area (Å²) in [4.78, 5) is 48.6. The number of nitrogens with zero attached hydrogens (tertiary/aromatic N) is 3. The third-order valence-electron chi connectivity index (χ3n) is 11.5. The van der Waals surface area contributed by atoms with Crippen LogP contribution in [0.5, 0.6) is 11.6 Å². The Morgan fingerprint density at radius 2 is 1.73 bits per heavy atom. The molecule has 3 aliphatic rings. The number of rotatable bonds is 13. The van der Waals surface area contributed by atoms with Gasteiger partial charge in [-0.15, -0.1) is 0 Å². The van der Waals surface area contributed by atoms with Crippen LogP contribution in [0.2, 0.25) is 18.1 Å². The molecule has 15 heteroatoms. The molecule has 0 spiro atoms. The maximum Gasteiger partial charge on any atom is 0.514 e. The van der Waals surface area contributed by atoms with E-state index in [-0.39, 0.29) is 54.6 Å². The molecule has 56 heavy (non-hydrogen) atoms. The summed E-state index contributed by atoms with van der Waals surface area (Å²) in [7, 11) is 5.97. The van der Waals surface area contributed by atoms with Crippen molar-refractivity contribution >= 4 is 37.5 Å². The number of methoxy groups -OCH3 is 1. The molecular formula is C41H61N3O11Si. The minimum Gasteiger partial charge on any atom is -0.507 e. The van der Waals surface area contributed by atoms with Gasteiger partial charge in [0, 0.05) is 38.2 Å². The smallest absolute Gasteiger partial charge is 0.507 e. The summed E-state index contributed by atoms with van der Waals surface area (Å²) in [6, 6.07) is 2.69. The predicted molar refractivity (Wildman–Crippen MR) is 213 cm³/mol. The number of hydrogen-bond acceptors (Lipinski definition) is 14. The van der Waals surface area contributed by atoms with Gasteiger partial charge in [-0.05, 0) is 95.1 Å². The third-order valence-corrected chi connectivity index (χ3v) is 16.0. The number of ether oxygens (including phenoxy) is 5. The van der Waals surface area contributed by atoms with Crippen LogP contribution in [-0.4, -0.2) is 108 Å². The quantitative estimate of drug-likeness (QED) is 0.0530. The maximum atomic E-state index is 16.1. The number of aliphatic hydroxyl groups excluding tert-OH is 1. The van der Waals surface area contributed by atoms with Gasteiger partial charge < -0.3 is 42.6 Å². The van der Waals surface area contributed by atoms with Crippen LogP contribution < -0.4 is 14.4 Å². The summed E-state index contributed by atoms with van der Waals surface area (Å²) >= 11 is 0. The zero-order valence-electron chi connectivity index (χ0n) is 35.6. The lowest BCUT2D eigenvalue weighted by Crippen LogP contribution is -2.70. The van der Waals surface area contributed by atoms with Gasteiger partial charge in [0.15, 0.2) is 19.7 Å². The van der Waals surface area contributed by atoms with Crippen molar-refractivity contribution in [3.8, 4) is 11.6 Å². The Kier molecular flexibility index (Phi) is 12.0. The second kappa shape index (κ2) is 15.5. The predicted octanol–water partition coefficient (Wildman–Crippen LogP) is 7.51. The highest BCUT2D eigenvalue weighted by Gasteiger charge is 2.71. The molecule has 1 aromatic heterocycles. The highest BCUT2D eigenvalue weighted by atomic mass is 28.4. The molecule has 1 heterocycles. The van der Waals surface area contributed by atoms with Crippen LogP contribution in [0.1, 0.15) is 101 Å². The van der Waals surface area contributed by atoms with Crippen molar-refractivity contribution in [2.45, 2.75) is 110 Å². The Hall–Kier alpha value is -3.76. The fraction of sp³-hybridized carbons (Fsp3) is 0.659. The third kappa shape index (κ3) is 7.52. The van der Waals surface area contributed by atoms with E-state index in [2.05, 4.69) is 5.16 Å². The number of benzene rings is 1. The molecule has 1 aromatic carbocycles. The molecule has 4 atom stereocenters. The van der Waals surface area contributed by atoms with Crippen LogP contribution >= 0.6 is 0 Å². The monoisotopic (exact) mass is 799 g/mol. The SMILES string of the molecule is CCCCOc1noc2c1C(=O)[C@@]1(O[Si](C)(C)C(C)(C)C)C(=O)C3=C(O)c4c(OC(=O)OC(C)(C)C)ccc(N(C)C)c4C[C@@]3(COCOC)C[C@H]1[C@@H]2N(C)C. The van der Waals surface area contributed by atoms with E-state index in [0.717, 1.165) is 12.1 Å². The van der Waals surface area contributed by atoms with Gasteiger partial charge in [0.2, 0.25) is 11.6 Å². The minimum atomic E-state index is -2.99. The fourth-order valence-corrected chi connectivity index (χ4v) is 9.52. The summed E-state index contributed by atoms with van der Waals surface area (Å²) in [5.74, 6) is -2.27. The van der Waals surface area contributed by atoms with E-state index >= 15 is 9.59 Å². The highest BCUT2D eigenvalue weighted by molar-refractivity contribution is 6.74. The first-order valence-corrected chi connectivity index (χ1v) is 22.2. The number of carbonyl (C=O) groups is 3. The van der Waals surface area contributed by atoms with Crippen LogP contribution in [0.15, 0.2) is 22.2 Å². The molecule has 0 bridgehead atoms. The first-order chi connectivity index (χ1) is 26.0. The zero-order valence-corrected chi connectivity index (χ0v) is 36.6. The first-order valence-electron chi connectivity index (χ1n) is 19.3. The van der Waals surface area contributed by atoms with Gasteiger partial charge in [0.05, 0.1) is 30.4 Å². The molecule has 0 amide bonds. The second-order valence-corrected chi connectivity index (χ2v) is 23.0. The van der Waals surface area contributed by atoms with Crippen molar-refractivity contribution in [3.63, 3.8) is 0 Å². The summed E-state index contributed by atoms with van der Waals surface area (Å²) in [6.07, 6.45) is 0.916. The summed E-state index contributed by atoms with van der Waals surface area (Å²) < 4.78 is 42.1. The molecule has 0 aliphatic heterocycles. The van der Waals surface area contributed by atoms with Crippen LogP contribution in [-0.2, 0) is 29.9 Å². The maximum absolute atomic E-state index is 16.1. The van der Waals surface area contributed by atoms with Gasteiger partial charge >= 0.3 is 6.16 Å². The molecule has 1 N–H and O–H groups in total. The standard InChI is InChI=1S/C41H61N3O11Si/c1-15-16-19-51-36-29-33(54-42-36)31(44(10)11)25-21-40(22-50-23-49-12)20-24-26(43(8)9)17-18-27(52-37(48)53-38(2,3)4)28(24)32(45)30(40)35(47)41(25,34(29)46)55-56(13,14)39(5,6)7/h17-18,25,31,45H,15-16,19-23H2,1-14H3/t25-,31-,40-,41+/m0/s1. The van der Waals surface area contributed by atoms with E-state index in [1.807, 2.05) is 78.8 Å². The van der Waals surface area contributed by atoms with Crippen molar-refractivity contribution in [1.29, 1.82) is 0 Å². The van der Waals surface area contributed by atoms with E-state index < -0.39 is 65.4 Å². The molecule has 3 aliphatic carbocycles. The summed E-state index contributed by atoms with van der Waals surface area (Å²) in [5.41, 5.74) is -2.68. The summed E-state index contributed by atoms with van der Waals surface area (Å²) in [6.45, 7) is 17.4. The van der Waals surface area contributed by atoms with Gasteiger partial charge in [-0.2, -0.15) is 0 Å². The largest absolute Gasteiger partial charge is 0.514 e. The van der Waals surface area contributed by atoms with Crippen molar-refractivity contribution in [3.05, 3.63) is 40.2 Å². The Balaban J connectivity index is 1.87. The molecule has 2 aromatic rings. The molecule has 0 radical (unpaired) electrons.